The molecular formula is C24H21Cl2N3O2. The Morgan fingerprint density at radius 3 is 2.52 bits per heavy atom. The van der Waals surface area contributed by atoms with E-state index in [9.17, 15) is 4.79 Å². The minimum atomic E-state index is -0.138. The number of carbonyl (C=O) groups is 1. The molecule has 0 unspecified atom stereocenters. The van der Waals surface area contributed by atoms with Crippen molar-refractivity contribution in [2.24, 2.45) is 0 Å². The monoisotopic (exact) mass is 453 g/mol. The zero-order valence-electron chi connectivity index (χ0n) is 16.7. The minimum Gasteiger partial charge on any atom is -0.490 e. The highest BCUT2D eigenvalue weighted by molar-refractivity contribution is 6.32. The fraction of sp³-hybridized carbons (Fsp3) is 0.167. The number of amides is 1. The maximum absolute atomic E-state index is 12.4. The third-order valence-corrected chi connectivity index (χ3v) is 5.45. The maximum Gasteiger partial charge on any atom is 0.251 e. The molecule has 0 aliphatic carbocycles. The molecule has 1 amide bonds. The summed E-state index contributed by atoms with van der Waals surface area (Å²) < 4.78 is 7.99. The number of ether oxygens (including phenoxy) is 1. The molecule has 0 radical (unpaired) electrons. The first-order valence-electron chi connectivity index (χ1n) is 9.97. The van der Waals surface area contributed by atoms with Crippen LogP contribution in [-0.2, 0) is 13.0 Å². The zero-order valence-corrected chi connectivity index (χ0v) is 18.2. The summed E-state index contributed by atoms with van der Waals surface area (Å²) in [4.78, 5) is 17.1. The lowest BCUT2D eigenvalue weighted by molar-refractivity contribution is 0.0954. The van der Waals surface area contributed by atoms with Crippen molar-refractivity contribution in [1.82, 2.24) is 14.9 Å². The van der Waals surface area contributed by atoms with E-state index < -0.39 is 0 Å². The predicted octanol–water partition coefficient (Wildman–Crippen LogP) is 5.39. The molecule has 31 heavy (non-hydrogen) atoms. The molecule has 4 aromatic rings. The smallest absolute Gasteiger partial charge is 0.251 e. The fourth-order valence-electron chi connectivity index (χ4n) is 3.37. The number of hydrogen-bond acceptors (Lipinski definition) is 3. The van der Waals surface area contributed by atoms with Crippen molar-refractivity contribution in [3.63, 3.8) is 0 Å². The van der Waals surface area contributed by atoms with Crippen LogP contribution in [0.15, 0.2) is 72.8 Å². The van der Waals surface area contributed by atoms with E-state index in [1.54, 1.807) is 30.3 Å². The first kappa shape index (κ1) is 21.2. The van der Waals surface area contributed by atoms with Crippen molar-refractivity contribution in [2.75, 3.05) is 13.2 Å². The summed E-state index contributed by atoms with van der Waals surface area (Å²) in [7, 11) is 0. The molecule has 1 N–H and O–H groups in total. The summed E-state index contributed by atoms with van der Waals surface area (Å²) in [6.45, 7) is 1.54. The van der Waals surface area contributed by atoms with Gasteiger partial charge in [-0.1, -0.05) is 47.5 Å². The number of hydrogen-bond donors (Lipinski definition) is 1. The molecule has 5 nitrogen and oxygen atoms in total. The second-order valence-electron chi connectivity index (χ2n) is 6.96. The van der Waals surface area contributed by atoms with Gasteiger partial charge in [0.15, 0.2) is 0 Å². The molecular weight excluding hydrogens is 433 g/mol. The topological polar surface area (TPSA) is 56.2 Å². The summed E-state index contributed by atoms with van der Waals surface area (Å²) in [5.74, 6) is 1.41. The molecule has 0 saturated heterocycles. The van der Waals surface area contributed by atoms with Gasteiger partial charge >= 0.3 is 0 Å². The lowest BCUT2D eigenvalue weighted by Gasteiger charge is -2.12. The van der Waals surface area contributed by atoms with E-state index in [4.69, 9.17) is 32.9 Å². The average Bonchev–Trinajstić information content (AvgIpc) is 3.13. The van der Waals surface area contributed by atoms with Gasteiger partial charge in [0.2, 0.25) is 0 Å². The van der Waals surface area contributed by atoms with Gasteiger partial charge in [-0.15, -0.1) is 0 Å². The van der Waals surface area contributed by atoms with Crippen LogP contribution < -0.4 is 10.1 Å². The molecule has 0 spiro atoms. The highest BCUT2D eigenvalue weighted by Gasteiger charge is 2.12. The summed E-state index contributed by atoms with van der Waals surface area (Å²) in [5, 5.41) is 4.13. The van der Waals surface area contributed by atoms with Crippen molar-refractivity contribution in [2.45, 2.75) is 13.0 Å². The molecule has 0 atom stereocenters. The molecule has 4 rings (SSSR count). The number of carbonyl (C=O) groups excluding carboxylic acids is 1. The van der Waals surface area contributed by atoms with E-state index in [0.717, 1.165) is 16.9 Å². The van der Waals surface area contributed by atoms with Crippen molar-refractivity contribution in [1.29, 1.82) is 0 Å². The van der Waals surface area contributed by atoms with E-state index in [1.807, 2.05) is 42.5 Å². The van der Waals surface area contributed by atoms with E-state index in [0.29, 0.717) is 47.5 Å². The van der Waals surface area contributed by atoms with Gasteiger partial charge in [0.25, 0.3) is 5.91 Å². The van der Waals surface area contributed by atoms with Gasteiger partial charge in [0.1, 0.15) is 18.2 Å². The maximum atomic E-state index is 12.4. The van der Waals surface area contributed by atoms with Crippen LogP contribution in [0.4, 0.5) is 0 Å². The number of fused-ring (bicyclic) bond motifs is 1. The number of para-hydroxylation sites is 3. The van der Waals surface area contributed by atoms with E-state index in [2.05, 4.69) is 9.88 Å². The van der Waals surface area contributed by atoms with Crippen molar-refractivity contribution < 1.29 is 9.53 Å². The number of rotatable bonds is 8. The van der Waals surface area contributed by atoms with Gasteiger partial charge in [0, 0.05) is 23.6 Å². The largest absolute Gasteiger partial charge is 0.490 e. The lowest BCUT2D eigenvalue weighted by Crippen LogP contribution is -2.26. The molecule has 0 bridgehead atoms. The number of nitrogens with zero attached hydrogens (tertiary/aromatic N) is 2. The Balaban J connectivity index is 1.42. The second-order valence-corrected chi connectivity index (χ2v) is 7.80. The molecule has 0 aliphatic rings. The van der Waals surface area contributed by atoms with Crippen LogP contribution in [-0.4, -0.2) is 28.6 Å². The molecule has 3 aromatic carbocycles. The SMILES string of the molecule is O=C(NCCc1nc2ccccc2n1CCOc1ccccc1Cl)c1ccc(Cl)cc1. The number of nitrogens with one attached hydrogen (secondary N) is 1. The number of aromatic nitrogens is 2. The first-order valence-corrected chi connectivity index (χ1v) is 10.7. The molecule has 1 aromatic heterocycles. The second kappa shape index (κ2) is 9.86. The summed E-state index contributed by atoms with van der Waals surface area (Å²) in [6, 6.07) is 22.2. The molecule has 0 fully saturated rings. The van der Waals surface area contributed by atoms with Crippen LogP contribution in [0.2, 0.25) is 10.0 Å². The summed E-state index contributed by atoms with van der Waals surface area (Å²) in [6.07, 6.45) is 0.597. The Bertz CT molecular complexity index is 1190. The fourth-order valence-corrected chi connectivity index (χ4v) is 3.68. The van der Waals surface area contributed by atoms with E-state index in [-0.39, 0.29) is 5.91 Å². The van der Waals surface area contributed by atoms with Crippen molar-refractivity contribution in [3.05, 3.63) is 94.2 Å². The van der Waals surface area contributed by atoms with E-state index >= 15 is 0 Å². The van der Waals surface area contributed by atoms with Crippen LogP contribution in [0, 0.1) is 0 Å². The van der Waals surface area contributed by atoms with Crippen LogP contribution >= 0.6 is 23.2 Å². The van der Waals surface area contributed by atoms with Gasteiger partial charge < -0.3 is 14.6 Å². The summed E-state index contributed by atoms with van der Waals surface area (Å²) in [5.41, 5.74) is 2.52. The van der Waals surface area contributed by atoms with Crippen molar-refractivity contribution in [3.8, 4) is 5.75 Å². The van der Waals surface area contributed by atoms with Crippen LogP contribution in [0.3, 0.4) is 0 Å². The third kappa shape index (κ3) is 5.19. The molecule has 1 heterocycles. The molecule has 0 aliphatic heterocycles. The van der Waals surface area contributed by atoms with E-state index in [1.165, 1.54) is 0 Å². The minimum absolute atomic E-state index is 0.138. The van der Waals surface area contributed by atoms with Gasteiger partial charge in [-0.3, -0.25) is 4.79 Å². The van der Waals surface area contributed by atoms with Gasteiger partial charge in [-0.2, -0.15) is 0 Å². The normalized spacial score (nSPS) is 10.9. The van der Waals surface area contributed by atoms with Crippen LogP contribution in [0.1, 0.15) is 16.2 Å². The lowest BCUT2D eigenvalue weighted by atomic mass is 10.2. The third-order valence-electron chi connectivity index (χ3n) is 4.88. The highest BCUT2D eigenvalue weighted by Crippen LogP contribution is 2.23. The Kier molecular flexibility index (Phi) is 6.75. The quantitative estimate of drug-likeness (QED) is 0.388. The number of imidazole rings is 1. The van der Waals surface area contributed by atoms with Crippen LogP contribution in [0.25, 0.3) is 11.0 Å². The summed E-state index contributed by atoms with van der Waals surface area (Å²) >= 11 is 12.1. The number of benzene rings is 3. The Labute approximate surface area is 190 Å². The highest BCUT2D eigenvalue weighted by atomic mass is 35.5. The van der Waals surface area contributed by atoms with Gasteiger partial charge in [-0.25, -0.2) is 4.98 Å². The van der Waals surface area contributed by atoms with Crippen molar-refractivity contribution >= 4 is 40.1 Å². The average molecular weight is 454 g/mol. The molecule has 158 valence electrons. The van der Waals surface area contributed by atoms with Crippen LogP contribution in [0.5, 0.6) is 5.75 Å². The molecule has 0 saturated carbocycles. The predicted molar refractivity (Wildman–Crippen MR) is 124 cm³/mol. The Morgan fingerprint density at radius 2 is 1.71 bits per heavy atom. The zero-order chi connectivity index (χ0) is 21.6. The van der Waals surface area contributed by atoms with Gasteiger partial charge in [-0.05, 0) is 48.5 Å². The van der Waals surface area contributed by atoms with Gasteiger partial charge in [0.05, 0.1) is 22.6 Å². The Hall–Kier alpha value is -3.02. The Morgan fingerprint density at radius 1 is 0.968 bits per heavy atom. The number of halogens is 2. The standard InChI is InChI=1S/C24H21Cl2N3O2/c25-18-11-9-17(10-12-18)24(30)27-14-13-23-28-20-6-2-3-7-21(20)29(23)15-16-31-22-8-4-1-5-19(22)26/h1-12H,13-16H2,(H,27,30). The first-order chi connectivity index (χ1) is 15.1. The molecule has 7 heteroatoms.